The van der Waals surface area contributed by atoms with Gasteiger partial charge < -0.3 is 5.11 Å². The monoisotopic (exact) mass is 384 g/mol. The van der Waals surface area contributed by atoms with Gasteiger partial charge in [-0.3, -0.25) is 14.9 Å². The number of aliphatic carboxylic acids is 1. The van der Waals surface area contributed by atoms with E-state index in [1.165, 1.54) is 12.1 Å². The Kier molecular flexibility index (Phi) is 5.73. The lowest BCUT2D eigenvalue weighted by Crippen LogP contribution is -2.42. The number of carboxylic acids is 1. The predicted molar refractivity (Wildman–Crippen MR) is 90.0 cm³/mol. The van der Waals surface area contributed by atoms with E-state index in [2.05, 4.69) is 0 Å². The molecule has 0 aliphatic carbocycles. The number of sulfonamides is 1. The molecule has 10 heteroatoms. The van der Waals surface area contributed by atoms with Crippen LogP contribution in [0.25, 0.3) is 0 Å². The Labute approximate surface area is 148 Å². The molecule has 1 atom stereocenters. The van der Waals surface area contributed by atoms with E-state index in [1.54, 1.807) is 24.3 Å². The highest BCUT2D eigenvalue weighted by Gasteiger charge is 2.30. The summed E-state index contributed by atoms with van der Waals surface area (Å²) in [5, 5.41) is 20.6. The van der Waals surface area contributed by atoms with Gasteiger partial charge in [0.25, 0.3) is 5.69 Å². The van der Waals surface area contributed by atoms with E-state index in [1.807, 2.05) is 4.72 Å². The maximum Gasteiger partial charge on any atom is 0.322 e. The smallest absolute Gasteiger partial charge is 0.322 e. The molecular formula is C15H13ClN2O6S. The molecule has 0 aromatic heterocycles. The fourth-order valence-electron chi connectivity index (χ4n) is 2.15. The molecule has 0 radical (unpaired) electrons. The highest BCUT2D eigenvalue weighted by molar-refractivity contribution is 7.89. The van der Waals surface area contributed by atoms with Crippen LogP contribution in [0.3, 0.4) is 0 Å². The maximum absolute atomic E-state index is 12.4. The van der Waals surface area contributed by atoms with Crippen LogP contribution in [0.2, 0.25) is 5.02 Å². The molecule has 132 valence electrons. The second-order valence-electron chi connectivity index (χ2n) is 5.03. The first-order valence-electron chi connectivity index (χ1n) is 6.94. The molecule has 0 aliphatic heterocycles. The Balaban J connectivity index is 2.35. The highest BCUT2D eigenvalue weighted by atomic mass is 35.5. The lowest BCUT2D eigenvalue weighted by atomic mass is 10.1. The molecule has 2 aromatic rings. The van der Waals surface area contributed by atoms with Crippen molar-refractivity contribution in [2.24, 2.45) is 0 Å². The molecule has 0 heterocycles. The second-order valence-corrected chi connectivity index (χ2v) is 7.12. The molecule has 0 spiro atoms. The van der Waals surface area contributed by atoms with Crippen molar-refractivity contribution < 1.29 is 23.2 Å². The Hall–Kier alpha value is -2.49. The predicted octanol–water partition coefficient (Wildman–Crippen LogP) is 2.22. The second kappa shape index (κ2) is 7.60. The van der Waals surface area contributed by atoms with Crippen molar-refractivity contribution >= 4 is 33.3 Å². The van der Waals surface area contributed by atoms with E-state index in [9.17, 15) is 28.4 Å². The summed E-state index contributed by atoms with van der Waals surface area (Å²) < 4.78 is 26.9. The fraction of sp³-hybridized carbons (Fsp3) is 0.133. The molecule has 0 saturated carbocycles. The summed E-state index contributed by atoms with van der Waals surface area (Å²) in [7, 11) is -4.43. The van der Waals surface area contributed by atoms with E-state index in [0.29, 0.717) is 10.6 Å². The highest BCUT2D eigenvalue weighted by Crippen LogP contribution is 2.24. The Morgan fingerprint density at radius 2 is 1.80 bits per heavy atom. The zero-order valence-corrected chi connectivity index (χ0v) is 14.2. The number of nitrogens with zero attached hydrogens (tertiary/aromatic N) is 1. The van der Waals surface area contributed by atoms with Gasteiger partial charge in [0.15, 0.2) is 4.90 Å². The lowest BCUT2D eigenvalue weighted by Gasteiger charge is -2.15. The van der Waals surface area contributed by atoms with Crippen molar-refractivity contribution in [2.75, 3.05) is 0 Å². The van der Waals surface area contributed by atoms with E-state index >= 15 is 0 Å². The Bertz CT molecular complexity index is 916. The van der Waals surface area contributed by atoms with Crippen molar-refractivity contribution in [3.8, 4) is 0 Å². The molecule has 0 fully saturated rings. The maximum atomic E-state index is 12.4. The average molecular weight is 385 g/mol. The molecule has 0 saturated heterocycles. The van der Waals surface area contributed by atoms with E-state index in [0.717, 1.165) is 12.1 Å². The van der Waals surface area contributed by atoms with Crippen LogP contribution in [0, 0.1) is 10.1 Å². The molecule has 25 heavy (non-hydrogen) atoms. The average Bonchev–Trinajstić information content (AvgIpc) is 2.56. The largest absolute Gasteiger partial charge is 0.480 e. The number of hydrogen-bond acceptors (Lipinski definition) is 5. The van der Waals surface area contributed by atoms with Crippen molar-refractivity contribution in [2.45, 2.75) is 17.4 Å². The summed E-state index contributed by atoms with van der Waals surface area (Å²) in [6.45, 7) is 0. The van der Waals surface area contributed by atoms with Gasteiger partial charge in [0.05, 0.1) is 4.92 Å². The minimum absolute atomic E-state index is 0.213. The zero-order chi connectivity index (χ0) is 18.6. The van der Waals surface area contributed by atoms with Crippen LogP contribution in [-0.2, 0) is 21.2 Å². The summed E-state index contributed by atoms with van der Waals surface area (Å²) in [6.07, 6.45) is -0.213. The Morgan fingerprint density at radius 1 is 1.20 bits per heavy atom. The number of rotatable bonds is 7. The van der Waals surface area contributed by atoms with Crippen molar-refractivity contribution in [1.29, 1.82) is 0 Å². The molecule has 8 nitrogen and oxygen atoms in total. The fourth-order valence-corrected chi connectivity index (χ4v) is 3.72. The van der Waals surface area contributed by atoms with Crippen molar-refractivity contribution in [3.05, 3.63) is 69.2 Å². The molecular weight excluding hydrogens is 372 g/mol. The van der Waals surface area contributed by atoms with Crippen LogP contribution in [0.1, 0.15) is 5.56 Å². The number of halogens is 1. The minimum atomic E-state index is -4.43. The first-order valence-corrected chi connectivity index (χ1v) is 8.80. The van der Waals surface area contributed by atoms with E-state index in [4.69, 9.17) is 11.6 Å². The molecule has 0 amide bonds. The first kappa shape index (κ1) is 18.8. The number of nitrogens with one attached hydrogen (secondary N) is 1. The summed E-state index contributed by atoms with van der Waals surface area (Å²) >= 11 is 5.97. The van der Waals surface area contributed by atoms with Gasteiger partial charge in [-0.2, -0.15) is 4.72 Å². The summed E-state index contributed by atoms with van der Waals surface area (Å²) in [5.41, 5.74) is -0.210. The molecule has 2 N–H and O–H groups in total. The van der Waals surface area contributed by atoms with Crippen molar-refractivity contribution in [1.82, 2.24) is 4.72 Å². The van der Waals surface area contributed by atoms with Gasteiger partial charge in [-0.25, -0.2) is 8.42 Å². The van der Waals surface area contributed by atoms with Crippen LogP contribution in [0.5, 0.6) is 0 Å². The van der Waals surface area contributed by atoms with Crippen LogP contribution in [0.15, 0.2) is 53.4 Å². The van der Waals surface area contributed by atoms with Crippen molar-refractivity contribution in [3.63, 3.8) is 0 Å². The third-order valence-electron chi connectivity index (χ3n) is 3.33. The van der Waals surface area contributed by atoms with E-state index in [-0.39, 0.29) is 6.42 Å². The number of nitro groups is 1. The first-order chi connectivity index (χ1) is 11.7. The number of hydrogen-bond donors (Lipinski definition) is 2. The van der Waals surface area contributed by atoms with Crippen LogP contribution in [-0.4, -0.2) is 30.5 Å². The van der Waals surface area contributed by atoms with Gasteiger partial charge >= 0.3 is 5.97 Å². The van der Waals surface area contributed by atoms with E-state index < -0.39 is 37.5 Å². The van der Waals surface area contributed by atoms with Gasteiger partial charge in [0, 0.05) is 17.5 Å². The van der Waals surface area contributed by atoms with Gasteiger partial charge in [-0.05, 0) is 17.7 Å². The SMILES string of the molecule is O=C(O)[C@H](Cc1ccccc1Cl)NS(=O)(=O)c1ccccc1[N+](=O)[O-]. The lowest BCUT2D eigenvalue weighted by molar-refractivity contribution is -0.387. The van der Waals surface area contributed by atoms with Gasteiger partial charge in [-0.15, -0.1) is 0 Å². The number of para-hydroxylation sites is 1. The zero-order valence-electron chi connectivity index (χ0n) is 12.6. The molecule has 2 rings (SSSR count). The van der Waals surface area contributed by atoms with Crippen LogP contribution >= 0.6 is 11.6 Å². The number of nitro benzene ring substituents is 1. The number of benzene rings is 2. The van der Waals surface area contributed by atoms with Gasteiger partial charge in [-0.1, -0.05) is 41.9 Å². The molecule has 2 aromatic carbocycles. The molecule has 0 bridgehead atoms. The third kappa shape index (κ3) is 4.53. The topological polar surface area (TPSA) is 127 Å². The van der Waals surface area contributed by atoms with Crippen LogP contribution < -0.4 is 4.72 Å². The van der Waals surface area contributed by atoms with Gasteiger partial charge in [0.2, 0.25) is 10.0 Å². The third-order valence-corrected chi connectivity index (χ3v) is 5.22. The number of carbonyl (C=O) groups is 1. The summed E-state index contributed by atoms with van der Waals surface area (Å²) in [4.78, 5) is 21.0. The summed E-state index contributed by atoms with van der Waals surface area (Å²) in [5.74, 6) is -1.43. The standard InChI is InChI=1S/C15H13ClN2O6S/c16-11-6-2-1-5-10(11)9-12(15(19)20)17-25(23,24)14-8-4-3-7-13(14)18(21)22/h1-8,12,17H,9H2,(H,19,20)/t12-/m0/s1. The van der Waals surface area contributed by atoms with Crippen LogP contribution in [0.4, 0.5) is 5.69 Å². The molecule has 0 aliphatic rings. The molecule has 0 unspecified atom stereocenters. The quantitative estimate of drug-likeness (QED) is 0.556. The number of carboxylic acid groups (broad SMARTS) is 1. The summed E-state index contributed by atoms with van der Waals surface area (Å²) in [6, 6.07) is 9.55. The normalized spacial score (nSPS) is 12.5. The Morgan fingerprint density at radius 3 is 2.40 bits per heavy atom. The van der Waals surface area contributed by atoms with Gasteiger partial charge in [0.1, 0.15) is 6.04 Å². The minimum Gasteiger partial charge on any atom is -0.480 e.